The fraction of sp³-hybridized carbons (Fsp3) is 0.462. The molecular formula is C13H15N7S. The normalized spacial score (nSPS) is 17.9. The van der Waals surface area contributed by atoms with Gasteiger partial charge in [0.1, 0.15) is 16.7 Å². The molecule has 21 heavy (non-hydrogen) atoms. The highest BCUT2D eigenvalue weighted by Crippen LogP contribution is 2.46. The number of hydrogen-bond donors (Lipinski definition) is 2. The van der Waals surface area contributed by atoms with E-state index in [1.54, 1.807) is 12.3 Å². The van der Waals surface area contributed by atoms with E-state index in [0.29, 0.717) is 22.5 Å². The fourth-order valence-electron chi connectivity index (χ4n) is 2.34. The summed E-state index contributed by atoms with van der Waals surface area (Å²) >= 11 is 1.40. The lowest BCUT2D eigenvalue weighted by Crippen LogP contribution is -2.13. The summed E-state index contributed by atoms with van der Waals surface area (Å²) in [4.78, 5) is 0. The first-order valence-electron chi connectivity index (χ1n) is 7.03. The van der Waals surface area contributed by atoms with Crippen LogP contribution in [0.4, 0.5) is 0 Å². The number of nitrogen functional groups attached to an aromatic ring is 1. The first kappa shape index (κ1) is 12.8. The Morgan fingerprint density at radius 1 is 1.24 bits per heavy atom. The van der Waals surface area contributed by atoms with Crippen LogP contribution < -0.4 is 5.73 Å². The van der Waals surface area contributed by atoms with Crippen LogP contribution in [-0.2, 0) is 0 Å². The van der Waals surface area contributed by atoms with Crippen molar-refractivity contribution in [3.63, 3.8) is 0 Å². The highest BCUT2D eigenvalue weighted by Gasteiger charge is 2.36. The minimum atomic E-state index is -0.00713. The summed E-state index contributed by atoms with van der Waals surface area (Å²) in [6.07, 6.45) is 6.33. The minimum absolute atomic E-state index is 0.00713. The van der Waals surface area contributed by atoms with Crippen molar-refractivity contribution >= 4 is 17.6 Å². The summed E-state index contributed by atoms with van der Waals surface area (Å²) in [6.45, 7) is 0. The Bertz CT molecular complexity index is 702. The molecule has 2 fully saturated rings. The number of hydrogen-bond acceptors (Lipinski definition) is 6. The third-order valence-corrected chi connectivity index (χ3v) is 4.67. The second-order valence-corrected chi connectivity index (χ2v) is 6.44. The lowest BCUT2D eigenvalue weighted by Gasteiger charge is -2.09. The fourth-order valence-corrected chi connectivity index (χ4v) is 3.31. The van der Waals surface area contributed by atoms with Crippen LogP contribution in [0.5, 0.6) is 0 Å². The second kappa shape index (κ2) is 4.80. The average molecular weight is 301 g/mol. The number of amidine groups is 1. The Hall–Kier alpha value is -1.96. The van der Waals surface area contributed by atoms with Crippen LogP contribution in [0.3, 0.4) is 0 Å². The van der Waals surface area contributed by atoms with Gasteiger partial charge in [-0.1, -0.05) is 0 Å². The summed E-state index contributed by atoms with van der Waals surface area (Å²) in [5.41, 5.74) is 6.19. The predicted octanol–water partition coefficient (Wildman–Crippen LogP) is 1.72. The SMILES string of the molecule is N=C(N)c1ccnnc1Sc1nnc(C2CC2)n1C1CC1. The molecule has 0 aromatic carbocycles. The van der Waals surface area contributed by atoms with E-state index >= 15 is 0 Å². The molecule has 0 spiro atoms. The van der Waals surface area contributed by atoms with Gasteiger partial charge in [0.2, 0.25) is 0 Å². The zero-order chi connectivity index (χ0) is 14.4. The molecule has 2 aliphatic carbocycles. The Balaban J connectivity index is 1.70. The van der Waals surface area contributed by atoms with Crippen molar-refractivity contribution in [2.24, 2.45) is 5.73 Å². The number of nitrogens with zero attached hydrogens (tertiary/aromatic N) is 5. The molecule has 7 nitrogen and oxygen atoms in total. The molecule has 2 aromatic rings. The third kappa shape index (κ3) is 2.39. The van der Waals surface area contributed by atoms with Gasteiger partial charge >= 0.3 is 0 Å². The maximum Gasteiger partial charge on any atom is 0.197 e. The van der Waals surface area contributed by atoms with Crippen LogP contribution in [0.15, 0.2) is 22.4 Å². The topological polar surface area (TPSA) is 106 Å². The van der Waals surface area contributed by atoms with E-state index in [4.69, 9.17) is 11.1 Å². The van der Waals surface area contributed by atoms with Gasteiger partial charge in [0, 0.05) is 12.0 Å². The highest BCUT2D eigenvalue weighted by atomic mass is 32.2. The zero-order valence-electron chi connectivity index (χ0n) is 11.4. The minimum Gasteiger partial charge on any atom is -0.384 e. The molecule has 0 unspecified atom stereocenters. The van der Waals surface area contributed by atoms with E-state index in [1.165, 1.54) is 37.4 Å². The molecule has 2 heterocycles. The van der Waals surface area contributed by atoms with Crippen LogP contribution in [0.2, 0.25) is 0 Å². The Morgan fingerprint density at radius 3 is 2.71 bits per heavy atom. The summed E-state index contributed by atoms with van der Waals surface area (Å²) in [7, 11) is 0. The van der Waals surface area contributed by atoms with E-state index < -0.39 is 0 Å². The largest absolute Gasteiger partial charge is 0.384 e. The maximum atomic E-state index is 7.63. The van der Waals surface area contributed by atoms with Gasteiger partial charge in [0.25, 0.3) is 0 Å². The van der Waals surface area contributed by atoms with Gasteiger partial charge < -0.3 is 10.3 Å². The third-order valence-electron chi connectivity index (χ3n) is 3.71. The van der Waals surface area contributed by atoms with Crippen LogP contribution in [0.1, 0.15) is 49.0 Å². The predicted molar refractivity (Wildman–Crippen MR) is 77.4 cm³/mol. The number of aromatic nitrogens is 5. The quantitative estimate of drug-likeness (QED) is 0.643. The second-order valence-electron chi connectivity index (χ2n) is 5.48. The summed E-state index contributed by atoms with van der Waals surface area (Å²) < 4.78 is 2.25. The summed E-state index contributed by atoms with van der Waals surface area (Å²) in [5.74, 6) is 1.67. The molecule has 0 saturated heterocycles. The smallest absolute Gasteiger partial charge is 0.197 e. The first-order valence-corrected chi connectivity index (χ1v) is 7.84. The Labute approximate surface area is 125 Å². The van der Waals surface area contributed by atoms with Crippen molar-refractivity contribution in [1.29, 1.82) is 5.41 Å². The van der Waals surface area contributed by atoms with Crippen molar-refractivity contribution in [2.75, 3.05) is 0 Å². The molecule has 0 atom stereocenters. The van der Waals surface area contributed by atoms with E-state index in [-0.39, 0.29) is 5.84 Å². The van der Waals surface area contributed by atoms with E-state index in [1.807, 2.05) is 0 Å². The molecule has 3 N–H and O–H groups in total. The lowest BCUT2D eigenvalue weighted by molar-refractivity contribution is 0.626. The molecule has 4 rings (SSSR count). The van der Waals surface area contributed by atoms with Crippen molar-refractivity contribution in [3.05, 3.63) is 23.7 Å². The van der Waals surface area contributed by atoms with Crippen molar-refractivity contribution < 1.29 is 0 Å². The van der Waals surface area contributed by atoms with Crippen LogP contribution >= 0.6 is 11.8 Å². The summed E-state index contributed by atoms with van der Waals surface area (Å²) in [5, 5.41) is 25.8. The number of nitrogens with one attached hydrogen (secondary N) is 1. The Morgan fingerprint density at radius 2 is 2.05 bits per heavy atom. The molecule has 108 valence electrons. The van der Waals surface area contributed by atoms with Gasteiger partial charge in [0.05, 0.1) is 11.8 Å². The van der Waals surface area contributed by atoms with E-state index in [2.05, 4.69) is 25.0 Å². The standard InChI is InChI=1S/C13H15N7S/c14-10(15)9-5-6-16-18-12(9)21-13-19-17-11(7-1-2-7)20(13)8-3-4-8/h5-8H,1-4H2,(H3,14,15). The monoisotopic (exact) mass is 301 g/mol. The zero-order valence-corrected chi connectivity index (χ0v) is 12.2. The van der Waals surface area contributed by atoms with Gasteiger partial charge in [-0.2, -0.15) is 5.10 Å². The number of nitrogens with two attached hydrogens (primary N) is 1. The molecule has 8 heteroatoms. The van der Waals surface area contributed by atoms with Gasteiger partial charge in [-0.05, 0) is 43.5 Å². The first-order chi connectivity index (χ1) is 10.2. The molecule has 0 aliphatic heterocycles. The summed E-state index contributed by atoms with van der Waals surface area (Å²) in [6, 6.07) is 2.23. The van der Waals surface area contributed by atoms with Crippen LogP contribution in [0, 0.1) is 5.41 Å². The molecular weight excluding hydrogens is 286 g/mol. The molecule has 0 amide bonds. The molecule has 2 aliphatic rings. The average Bonchev–Trinajstić information content (AvgIpc) is 3.39. The maximum absolute atomic E-state index is 7.63. The van der Waals surface area contributed by atoms with E-state index in [9.17, 15) is 0 Å². The highest BCUT2D eigenvalue weighted by molar-refractivity contribution is 7.99. The van der Waals surface area contributed by atoms with Gasteiger partial charge in [-0.3, -0.25) is 5.41 Å². The van der Waals surface area contributed by atoms with Crippen LogP contribution in [0.25, 0.3) is 0 Å². The molecule has 0 bridgehead atoms. The molecule has 2 aromatic heterocycles. The van der Waals surface area contributed by atoms with Gasteiger partial charge in [0.15, 0.2) is 5.16 Å². The number of rotatable bonds is 5. The van der Waals surface area contributed by atoms with Crippen molar-refractivity contribution in [2.45, 2.75) is 47.8 Å². The van der Waals surface area contributed by atoms with Gasteiger partial charge in [-0.25, -0.2) is 0 Å². The molecule has 2 saturated carbocycles. The Kier molecular flexibility index (Phi) is 2.91. The molecule has 0 radical (unpaired) electrons. The van der Waals surface area contributed by atoms with Crippen molar-refractivity contribution in [1.82, 2.24) is 25.0 Å². The van der Waals surface area contributed by atoms with Crippen molar-refractivity contribution in [3.8, 4) is 0 Å². The lowest BCUT2D eigenvalue weighted by atomic mass is 10.3. The van der Waals surface area contributed by atoms with Crippen LogP contribution in [-0.4, -0.2) is 30.8 Å². The van der Waals surface area contributed by atoms with Gasteiger partial charge in [-0.15, -0.1) is 15.3 Å². The van der Waals surface area contributed by atoms with E-state index in [0.717, 1.165) is 11.0 Å².